The molecule has 1 aromatic heterocycles. The Morgan fingerprint density at radius 2 is 1.84 bits per heavy atom. The Hall–Kier alpha value is -1.30. The van der Waals surface area contributed by atoms with Crippen molar-refractivity contribution in [3.05, 3.63) is 59.0 Å². The van der Waals surface area contributed by atoms with Crippen LogP contribution in [0.2, 0.25) is 5.22 Å². The normalized spacial score (nSPS) is 11.6. The van der Waals surface area contributed by atoms with Crippen molar-refractivity contribution in [1.82, 2.24) is 4.72 Å². The monoisotopic (exact) mass is 299 g/mol. The van der Waals surface area contributed by atoms with Crippen LogP contribution in [-0.4, -0.2) is 14.2 Å². The Morgan fingerprint density at radius 3 is 2.47 bits per heavy atom. The molecule has 0 aliphatic carbocycles. The number of halogens is 1. The standard InChI is InChI=1S/C13H14ClNO3S/c14-13-7-6-12(18-13)10-15-19(16,17)9-8-11-4-2-1-3-5-11/h1-7,15H,8-10H2. The minimum atomic E-state index is -3.32. The van der Waals surface area contributed by atoms with Crippen molar-refractivity contribution >= 4 is 21.6 Å². The van der Waals surface area contributed by atoms with Gasteiger partial charge in [-0.05, 0) is 35.7 Å². The average Bonchev–Trinajstić information content (AvgIpc) is 2.82. The molecule has 0 aliphatic rings. The summed E-state index contributed by atoms with van der Waals surface area (Å²) in [4.78, 5) is 0. The summed E-state index contributed by atoms with van der Waals surface area (Å²) >= 11 is 5.61. The Morgan fingerprint density at radius 1 is 1.11 bits per heavy atom. The van der Waals surface area contributed by atoms with Crippen LogP contribution in [0.25, 0.3) is 0 Å². The van der Waals surface area contributed by atoms with Crippen LogP contribution in [-0.2, 0) is 23.0 Å². The summed E-state index contributed by atoms with van der Waals surface area (Å²) in [5.41, 5.74) is 0.994. The van der Waals surface area contributed by atoms with Crippen molar-refractivity contribution in [1.29, 1.82) is 0 Å². The third kappa shape index (κ3) is 4.70. The van der Waals surface area contributed by atoms with Crippen LogP contribution in [0, 0.1) is 0 Å². The number of sulfonamides is 1. The highest BCUT2D eigenvalue weighted by Gasteiger charge is 2.11. The summed E-state index contributed by atoms with van der Waals surface area (Å²) in [6.07, 6.45) is 0.481. The molecule has 0 saturated heterocycles. The highest BCUT2D eigenvalue weighted by molar-refractivity contribution is 7.89. The summed E-state index contributed by atoms with van der Waals surface area (Å²) in [7, 11) is -3.32. The zero-order valence-corrected chi connectivity index (χ0v) is 11.7. The average molecular weight is 300 g/mol. The second-order valence-electron chi connectivity index (χ2n) is 4.08. The van der Waals surface area contributed by atoms with E-state index in [1.807, 2.05) is 30.3 Å². The van der Waals surface area contributed by atoms with E-state index >= 15 is 0 Å². The highest BCUT2D eigenvalue weighted by Crippen LogP contribution is 2.13. The molecule has 0 bridgehead atoms. The van der Waals surface area contributed by atoms with Crippen LogP contribution >= 0.6 is 11.6 Å². The van der Waals surface area contributed by atoms with Gasteiger partial charge < -0.3 is 4.42 Å². The lowest BCUT2D eigenvalue weighted by Gasteiger charge is -2.05. The molecule has 0 atom stereocenters. The fourth-order valence-corrected chi connectivity index (χ4v) is 2.77. The smallest absolute Gasteiger partial charge is 0.212 e. The van der Waals surface area contributed by atoms with Crippen molar-refractivity contribution in [2.45, 2.75) is 13.0 Å². The van der Waals surface area contributed by atoms with Crippen molar-refractivity contribution in [2.24, 2.45) is 0 Å². The summed E-state index contributed by atoms with van der Waals surface area (Å²) in [5.74, 6) is 0.541. The lowest BCUT2D eigenvalue weighted by Crippen LogP contribution is -2.26. The zero-order chi connectivity index (χ0) is 13.7. The number of rotatable bonds is 6. The summed E-state index contributed by atoms with van der Waals surface area (Å²) in [6.45, 7) is 0.115. The van der Waals surface area contributed by atoms with E-state index < -0.39 is 10.0 Å². The highest BCUT2D eigenvalue weighted by atomic mass is 35.5. The number of benzene rings is 1. The van der Waals surface area contributed by atoms with Gasteiger partial charge in [-0.25, -0.2) is 13.1 Å². The molecule has 1 N–H and O–H groups in total. The molecular weight excluding hydrogens is 286 g/mol. The molecule has 0 saturated carbocycles. The molecule has 0 fully saturated rings. The van der Waals surface area contributed by atoms with E-state index in [0.29, 0.717) is 12.2 Å². The van der Waals surface area contributed by atoms with E-state index in [-0.39, 0.29) is 17.5 Å². The van der Waals surface area contributed by atoms with Gasteiger partial charge in [-0.3, -0.25) is 0 Å². The molecule has 2 aromatic rings. The van der Waals surface area contributed by atoms with Gasteiger partial charge in [0.25, 0.3) is 0 Å². The fourth-order valence-electron chi connectivity index (χ4n) is 1.60. The lowest BCUT2D eigenvalue weighted by atomic mass is 10.2. The quantitative estimate of drug-likeness (QED) is 0.892. The maximum Gasteiger partial charge on any atom is 0.212 e. The van der Waals surface area contributed by atoms with Gasteiger partial charge in [0.15, 0.2) is 5.22 Å². The fraction of sp³-hybridized carbons (Fsp3) is 0.231. The van der Waals surface area contributed by atoms with E-state index in [4.69, 9.17) is 16.0 Å². The molecule has 1 aromatic carbocycles. The van der Waals surface area contributed by atoms with Crippen LogP contribution in [0.4, 0.5) is 0 Å². The maximum atomic E-state index is 11.8. The van der Waals surface area contributed by atoms with Crippen molar-refractivity contribution < 1.29 is 12.8 Å². The molecule has 1 heterocycles. The second kappa shape index (κ2) is 6.23. The van der Waals surface area contributed by atoms with Crippen LogP contribution in [0.3, 0.4) is 0 Å². The van der Waals surface area contributed by atoms with Gasteiger partial charge in [0.1, 0.15) is 5.76 Å². The molecule has 0 spiro atoms. The van der Waals surface area contributed by atoms with E-state index in [9.17, 15) is 8.42 Å². The van der Waals surface area contributed by atoms with Gasteiger partial charge in [-0.15, -0.1) is 0 Å². The first-order valence-corrected chi connectivity index (χ1v) is 7.84. The first-order valence-electron chi connectivity index (χ1n) is 5.81. The Bertz CT molecular complexity index is 622. The van der Waals surface area contributed by atoms with E-state index in [1.54, 1.807) is 12.1 Å². The van der Waals surface area contributed by atoms with E-state index in [1.165, 1.54) is 0 Å². The molecular formula is C13H14ClNO3S. The van der Waals surface area contributed by atoms with Crippen molar-refractivity contribution in [3.63, 3.8) is 0 Å². The first-order chi connectivity index (χ1) is 9.05. The van der Waals surface area contributed by atoms with Gasteiger partial charge in [0.2, 0.25) is 10.0 Å². The molecule has 0 amide bonds. The summed E-state index contributed by atoms with van der Waals surface area (Å²) in [6, 6.07) is 12.7. The van der Waals surface area contributed by atoms with Gasteiger partial charge in [0.05, 0.1) is 12.3 Å². The number of furan rings is 1. The second-order valence-corrected chi connectivity index (χ2v) is 6.38. The molecule has 0 unspecified atom stereocenters. The molecule has 19 heavy (non-hydrogen) atoms. The maximum absolute atomic E-state index is 11.8. The Kier molecular flexibility index (Phi) is 4.63. The van der Waals surface area contributed by atoms with Crippen LogP contribution < -0.4 is 4.72 Å². The van der Waals surface area contributed by atoms with Crippen LogP contribution in [0.15, 0.2) is 46.9 Å². The van der Waals surface area contributed by atoms with Crippen LogP contribution in [0.5, 0.6) is 0 Å². The molecule has 4 nitrogen and oxygen atoms in total. The third-order valence-electron chi connectivity index (χ3n) is 2.60. The molecule has 0 aliphatic heterocycles. The van der Waals surface area contributed by atoms with Gasteiger partial charge in [0, 0.05) is 0 Å². The molecule has 2 rings (SSSR count). The third-order valence-corrected chi connectivity index (χ3v) is 4.13. The predicted octanol–water partition coefficient (Wildman–Crippen LogP) is 2.60. The predicted molar refractivity (Wildman–Crippen MR) is 74.5 cm³/mol. The minimum Gasteiger partial charge on any atom is -0.448 e. The minimum absolute atomic E-state index is 0.0471. The molecule has 102 valence electrons. The summed E-state index contributed by atoms with van der Waals surface area (Å²) < 4.78 is 31.2. The van der Waals surface area contributed by atoms with Gasteiger partial charge in [-0.1, -0.05) is 30.3 Å². The Labute approximate surface area is 117 Å². The van der Waals surface area contributed by atoms with E-state index in [0.717, 1.165) is 5.56 Å². The topological polar surface area (TPSA) is 59.3 Å². The van der Waals surface area contributed by atoms with Crippen molar-refractivity contribution in [3.8, 4) is 0 Å². The molecule has 0 radical (unpaired) electrons. The van der Waals surface area contributed by atoms with Crippen LogP contribution in [0.1, 0.15) is 11.3 Å². The van der Waals surface area contributed by atoms with Crippen molar-refractivity contribution in [2.75, 3.05) is 5.75 Å². The Balaban J connectivity index is 1.85. The largest absolute Gasteiger partial charge is 0.448 e. The number of aryl methyl sites for hydroxylation is 1. The SMILES string of the molecule is O=S(=O)(CCc1ccccc1)NCc1ccc(Cl)o1. The zero-order valence-electron chi connectivity index (χ0n) is 10.2. The number of nitrogens with one attached hydrogen (secondary N) is 1. The molecule has 6 heteroatoms. The van der Waals surface area contributed by atoms with E-state index in [2.05, 4.69) is 4.72 Å². The summed E-state index contributed by atoms with van der Waals surface area (Å²) in [5, 5.41) is 0.249. The lowest BCUT2D eigenvalue weighted by molar-refractivity contribution is 0.500. The van der Waals surface area contributed by atoms with Gasteiger partial charge >= 0.3 is 0 Å². The number of hydrogen-bond acceptors (Lipinski definition) is 3. The number of hydrogen-bond donors (Lipinski definition) is 1. The van der Waals surface area contributed by atoms with Gasteiger partial charge in [-0.2, -0.15) is 0 Å². The first kappa shape index (κ1) is 14.1.